The largest absolute Gasteiger partial charge is 0.373 e. The van der Waals surface area contributed by atoms with E-state index in [9.17, 15) is 0 Å². The molecule has 1 aromatic heterocycles. The van der Waals surface area contributed by atoms with Gasteiger partial charge in [-0.25, -0.2) is 0 Å². The van der Waals surface area contributed by atoms with Crippen molar-refractivity contribution in [2.75, 3.05) is 7.05 Å². The Morgan fingerprint density at radius 3 is 2.42 bits per heavy atom. The van der Waals surface area contributed by atoms with Crippen LogP contribution in [0.15, 0.2) is 22.7 Å². The Hall–Kier alpha value is -1.07. The Morgan fingerprint density at radius 1 is 1.12 bits per heavy atom. The molecule has 0 radical (unpaired) electrons. The summed E-state index contributed by atoms with van der Waals surface area (Å²) in [6.07, 6.45) is 7.05. The van der Waals surface area contributed by atoms with Crippen molar-refractivity contribution in [2.45, 2.75) is 63.2 Å². The van der Waals surface area contributed by atoms with Gasteiger partial charge in [0, 0.05) is 23.1 Å². The van der Waals surface area contributed by atoms with Gasteiger partial charge in [-0.15, -0.1) is 0 Å². The van der Waals surface area contributed by atoms with E-state index in [1.54, 1.807) is 0 Å². The van der Waals surface area contributed by atoms with Crippen molar-refractivity contribution in [3.8, 4) is 11.3 Å². The van der Waals surface area contributed by atoms with Gasteiger partial charge in [0.2, 0.25) is 0 Å². The zero-order valence-corrected chi connectivity index (χ0v) is 16.4. The van der Waals surface area contributed by atoms with Gasteiger partial charge in [-0.05, 0) is 57.7 Å². The first kappa shape index (κ1) is 18.3. The van der Waals surface area contributed by atoms with Gasteiger partial charge in [0.05, 0.1) is 22.8 Å². The van der Waals surface area contributed by atoms with Crippen molar-refractivity contribution in [1.29, 1.82) is 0 Å². The molecule has 2 aliphatic carbocycles. The summed E-state index contributed by atoms with van der Waals surface area (Å²) in [5.41, 5.74) is 2.48. The molecule has 26 heavy (non-hydrogen) atoms. The summed E-state index contributed by atoms with van der Waals surface area (Å²) >= 11 is 12.8. The van der Waals surface area contributed by atoms with Crippen LogP contribution in [0.5, 0.6) is 0 Å². The number of benzene rings is 1. The standard InChI is InChI=1S/C20H24Cl2N2O2/c1-23-13-7-9-14(10-8-13)25-11-15-19(24-26-20(15)12-5-6-12)18-16(21)3-2-4-17(18)22/h2-4,12-14,23H,5-11H2,1H3. The Bertz CT molecular complexity index is 745. The highest BCUT2D eigenvalue weighted by Crippen LogP contribution is 2.46. The second-order valence-corrected chi connectivity index (χ2v) is 8.13. The molecule has 0 aliphatic heterocycles. The van der Waals surface area contributed by atoms with E-state index in [2.05, 4.69) is 10.5 Å². The van der Waals surface area contributed by atoms with Crippen LogP contribution in [0.25, 0.3) is 11.3 Å². The molecule has 1 heterocycles. The van der Waals surface area contributed by atoms with Gasteiger partial charge < -0.3 is 14.6 Å². The molecule has 1 N–H and O–H groups in total. The van der Waals surface area contributed by atoms with Gasteiger partial charge >= 0.3 is 0 Å². The fraction of sp³-hybridized carbons (Fsp3) is 0.550. The molecule has 0 atom stereocenters. The minimum Gasteiger partial charge on any atom is -0.373 e. The molecule has 0 unspecified atom stereocenters. The summed E-state index contributed by atoms with van der Waals surface area (Å²) in [5, 5.41) is 8.86. The van der Waals surface area contributed by atoms with E-state index in [4.69, 9.17) is 32.5 Å². The molecule has 0 amide bonds. The first-order valence-corrected chi connectivity index (χ1v) is 10.1. The Balaban J connectivity index is 1.56. The van der Waals surface area contributed by atoms with Crippen LogP contribution in [0.1, 0.15) is 55.8 Å². The molecular weight excluding hydrogens is 371 g/mol. The third-order valence-electron chi connectivity index (χ3n) is 5.51. The summed E-state index contributed by atoms with van der Waals surface area (Å²) in [7, 11) is 2.03. The number of hydrogen-bond acceptors (Lipinski definition) is 4. The fourth-order valence-corrected chi connectivity index (χ4v) is 4.34. The van der Waals surface area contributed by atoms with Gasteiger partial charge in [0.1, 0.15) is 11.5 Å². The summed E-state index contributed by atoms with van der Waals surface area (Å²) in [6.45, 7) is 0.501. The topological polar surface area (TPSA) is 47.3 Å². The smallest absolute Gasteiger partial charge is 0.145 e. The molecule has 1 aromatic carbocycles. The van der Waals surface area contributed by atoms with E-state index < -0.39 is 0 Å². The second kappa shape index (κ2) is 7.89. The predicted molar refractivity (Wildman–Crippen MR) is 104 cm³/mol. The van der Waals surface area contributed by atoms with E-state index in [1.807, 2.05) is 25.2 Å². The van der Waals surface area contributed by atoms with Gasteiger partial charge in [-0.1, -0.05) is 34.4 Å². The molecule has 4 rings (SSSR count). The average molecular weight is 395 g/mol. The van der Waals surface area contributed by atoms with Crippen LogP contribution in [0.4, 0.5) is 0 Å². The van der Waals surface area contributed by atoms with Gasteiger partial charge in [-0.2, -0.15) is 0 Å². The second-order valence-electron chi connectivity index (χ2n) is 7.32. The number of nitrogens with zero attached hydrogens (tertiary/aromatic N) is 1. The lowest BCUT2D eigenvalue weighted by Crippen LogP contribution is -2.32. The SMILES string of the molecule is CNC1CCC(OCc2c(-c3c(Cl)cccc3Cl)noc2C2CC2)CC1. The first-order valence-electron chi connectivity index (χ1n) is 9.39. The monoisotopic (exact) mass is 394 g/mol. The quantitative estimate of drug-likeness (QED) is 0.694. The van der Waals surface area contributed by atoms with Crippen molar-refractivity contribution in [3.05, 3.63) is 39.6 Å². The number of rotatable bonds is 6. The van der Waals surface area contributed by atoms with Crippen molar-refractivity contribution < 1.29 is 9.26 Å². The summed E-state index contributed by atoms with van der Waals surface area (Å²) < 4.78 is 12.0. The Kier molecular flexibility index (Phi) is 5.55. The molecule has 2 fully saturated rings. The van der Waals surface area contributed by atoms with E-state index in [0.717, 1.165) is 61.1 Å². The van der Waals surface area contributed by atoms with Crippen LogP contribution in [0.2, 0.25) is 10.0 Å². The Labute approximate surface area is 164 Å². The predicted octanol–water partition coefficient (Wildman–Crippen LogP) is 5.57. The summed E-state index contributed by atoms with van der Waals surface area (Å²) in [5.74, 6) is 1.40. The Morgan fingerprint density at radius 2 is 1.81 bits per heavy atom. The number of aromatic nitrogens is 1. The molecule has 140 valence electrons. The number of hydrogen-bond donors (Lipinski definition) is 1. The summed E-state index contributed by atoms with van der Waals surface area (Å²) in [4.78, 5) is 0. The molecule has 0 bridgehead atoms. The molecule has 2 aliphatic rings. The minimum atomic E-state index is 0.288. The van der Waals surface area contributed by atoms with E-state index >= 15 is 0 Å². The maximum atomic E-state index is 6.41. The highest BCUT2D eigenvalue weighted by molar-refractivity contribution is 6.39. The molecular formula is C20H24Cl2N2O2. The number of nitrogens with one attached hydrogen (secondary N) is 1. The third-order valence-corrected chi connectivity index (χ3v) is 6.14. The lowest BCUT2D eigenvalue weighted by atomic mass is 9.93. The van der Waals surface area contributed by atoms with Crippen molar-refractivity contribution in [1.82, 2.24) is 10.5 Å². The normalized spacial score (nSPS) is 23.3. The van der Waals surface area contributed by atoms with Gasteiger partial charge in [0.15, 0.2) is 0 Å². The van der Waals surface area contributed by atoms with Gasteiger partial charge in [0.25, 0.3) is 0 Å². The molecule has 4 nitrogen and oxygen atoms in total. The maximum absolute atomic E-state index is 6.41. The number of halogens is 2. The van der Waals surface area contributed by atoms with E-state index in [-0.39, 0.29) is 6.10 Å². The van der Waals surface area contributed by atoms with Crippen LogP contribution in [-0.2, 0) is 11.3 Å². The zero-order chi connectivity index (χ0) is 18.1. The lowest BCUT2D eigenvalue weighted by Gasteiger charge is -2.28. The lowest BCUT2D eigenvalue weighted by molar-refractivity contribution is 0.0114. The molecule has 0 saturated heterocycles. The zero-order valence-electron chi connectivity index (χ0n) is 14.9. The average Bonchev–Trinajstić information content (AvgIpc) is 3.41. The van der Waals surface area contributed by atoms with Crippen LogP contribution in [0, 0.1) is 0 Å². The minimum absolute atomic E-state index is 0.288. The highest BCUT2D eigenvalue weighted by Gasteiger charge is 2.34. The molecule has 2 aromatic rings. The number of ether oxygens (including phenoxy) is 1. The van der Waals surface area contributed by atoms with Crippen LogP contribution in [-0.4, -0.2) is 24.4 Å². The fourth-order valence-electron chi connectivity index (χ4n) is 3.77. The summed E-state index contributed by atoms with van der Waals surface area (Å²) in [6, 6.07) is 6.12. The van der Waals surface area contributed by atoms with Crippen LogP contribution < -0.4 is 5.32 Å². The third kappa shape index (κ3) is 3.79. The van der Waals surface area contributed by atoms with Crippen LogP contribution >= 0.6 is 23.2 Å². The molecule has 6 heteroatoms. The van der Waals surface area contributed by atoms with E-state index in [0.29, 0.717) is 28.6 Å². The van der Waals surface area contributed by atoms with Crippen molar-refractivity contribution in [3.63, 3.8) is 0 Å². The highest BCUT2D eigenvalue weighted by atomic mass is 35.5. The molecule has 2 saturated carbocycles. The van der Waals surface area contributed by atoms with E-state index in [1.165, 1.54) is 0 Å². The van der Waals surface area contributed by atoms with Crippen molar-refractivity contribution in [2.24, 2.45) is 0 Å². The van der Waals surface area contributed by atoms with Gasteiger partial charge in [-0.3, -0.25) is 0 Å². The van der Waals surface area contributed by atoms with Crippen molar-refractivity contribution >= 4 is 23.2 Å². The van der Waals surface area contributed by atoms with Crippen LogP contribution in [0.3, 0.4) is 0 Å². The first-order chi connectivity index (χ1) is 12.7. The maximum Gasteiger partial charge on any atom is 0.145 e. The molecule has 0 spiro atoms.